The van der Waals surface area contributed by atoms with Crippen LogP contribution in [-0.2, 0) is 9.53 Å². The van der Waals surface area contributed by atoms with E-state index in [0.29, 0.717) is 19.1 Å². The maximum absolute atomic E-state index is 12.0. The van der Waals surface area contributed by atoms with Crippen LogP contribution >= 0.6 is 0 Å². The number of rotatable bonds is 5. The standard InChI is InChI=1S/C16H30N2O2/c1-4-20-15(19)13-16(18-9-5-6-10-18)7-11-17(12-8-16)14(2)3/h14H,4-13H2,1-3H3. The van der Waals surface area contributed by atoms with Gasteiger partial charge in [-0.3, -0.25) is 9.69 Å². The fraction of sp³-hybridized carbons (Fsp3) is 0.938. The summed E-state index contributed by atoms with van der Waals surface area (Å²) < 4.78 is 5.22. The second kappa shape index (κ2) is 6.90. The second-order valence-electron chi connectivity index (χ2n) is 6.53. The van der Waals surface area contributed by atoms with Crippen molar-refractivity contribution in [1.29, 1.82) is 0 Å². The summed E-state index contributed by atoms with van der Waals surface area (Å²) in [4.78, 5) is 17.1. The van der Waals surface area contributed by atoms with Gasteiger partial charge in [0.15, 0.2) is 0 Å². The Morgan fingerprint density at radius 3 is 2.25 bits per heavy atom. The first-order valence-electron chi connectivity index (χ1n) is 8.22. The van der Waals surface area contributed by atoms with Crippen LogP contribution in [0.25, 0.3) is 0 Å². The molecule has 2 rings (SSSR count). The average molecular weight is 282 g/mol. The van der Waals surface area contributed by atoms with E-state index in [4.69, 9.17) is 4.74 Å². The lowest BCUT2D eigenvalue weighted by atomic mass is 9.82. The normalized spacial score (nSPS) is 24.2. The number of ether oxygens (including phenoxy) is 1. The number of hydrogen-bond acceptors (Lipinski definition) is 4. The zero-order valence-corrected chi connectivity index (χ0v) is 13.4. The topological polar surface area (TPSA) is 32.8 Å². The summed E-state index contributed by atoms with van der Waals surface area (Å²) in [7, 11) is 0. The first kappa shape index (κ1) is 15.8. The predicted octanol–water partition coefficient (Wildman–Crippen LogP) is 2.28. The molecule has 4 heteroatoms. The van der Waals surface area contributed by atoms with Crippen molar-refractivity contribution < 1.29 is 9.53 Å². The van der Waals surface area contributed by atoms with E-state index >= 15 is 0 Å². The Balaban J connectivity index is 2.03. The summed E-state index contributed by atoms with van der Waals surface area (Å²) in [5, 5.41) is 0. The van der Waals surface area contributed by atoms with Crippen molar-refractivity contribution in [3.8, 4) is 0 Å². The third-order valence-electron chi connectivity index (χ3n) is 5.01. The van der Waals surface area contributed by atoms with Gasteiger partial charge in [0.05, 0.1) is 13.0 Å². The molecule has 0 aromatic carbocycles. The van der Waals surface area contributed by atoms with E-state index in [-0.39, 0.29) is 11.5 Å². The number of nitrogens with zero attached hydrogens (tertiary/aromatic N) is 2. The summed E-state index contributed by atoms with van der Waals surface area (Å²) in [6.45, 7) is 11.4. The van der Waals surface area contributed by atoms with Gasteiger partial charge in [0, 0.05) is 24.7 Å². The Morgan fingerprint density at radius 2 is 1.75 bits per heavy atom. The van der Waals surface area contributed by atoms with E-state index in [0.717, 1.165) is 39.0 Å². The molecule has 2 saturated heterocycles. The lowest BCUT2D eigenvalue weighted by molar-refractivity contribution is -0.147. The monoisotopic (exact) mass is 282 g/mol. The minimum atomic E-state index is -0.0163. The molecule has 20 heavy (non-hydrogen) atoms. The summed E-state index contributed by atoms with van der Waals surface area (Å²) in [6, 6.07) is 0.606. The smallest absolute Gasteiger partial charge is 0.307 e. The highest BCUT2D eigenvalue weighted by Crippen LogP contribution is 2.35. The van der Waals surface area contributed by atoms with E-state index in [1.165, 1.54) is 12.8 Å². The minimum Gasteiger partial charge on any atom is -0.466 e. The summed E-state index contributed by atoms with van der Waals surface area (Å²) in [5.41, 5.74) is 0.0636. The Hall–Kier alpha value is -0.610. The van der Waals surface area contributed by atoms with E-state index < -0.39 is 0 Å². The number of carbonyl (C=O) groups excluding carboxylic acids is 1. The van der Waals surface area contributed by atoms with Gasteiger partial charge in [0.2, 0.25) is 0 Å². The molecule has 4 nitrogen and oxygen atoms in total. The Bertz CT molecular complexity index is 316. The lowest BCUT2D eigenvalue weighted by Crippen LogP contribution is -2.56. The first-order chi connectivity index (χ1) is 9.57. The summed E-state index contributed by atoms with van der Waals surface area (Å²) in [5.74, 6) is -0.0163. The largest absolute Gasteiger partial charge is 0.466 e. The van der Waals surface area contributed by atoms with Gasteiger partial charge >= 0.3 is 5.97 Å². The molecular formula is C16H30N2O2. The molecule has 0 spiro atoms. The van der Waals surface area contributed by atoms with Crippen molar-refractivity contribution in [3.05, 3.63) is 0 Å². The van der Waals surface area contributed by atoms with Crippen molar-refractivity contribution >= 4 is 5.97 Å². The van der Waals surface area contributed by atoms with Crippen LogP contribution in [0.15, 0.2) is 0 Å². The van der Waals surface area contributed by atoms with E-state index in [9.17, 15) is 4.79 Å². The average Bonchev–Trinajstić information content (AvgIpc) is 2.94. The van der Waals surface area contributed by atoms with E-state index in [1.807, 2.05) is 6.92 Å². The Kier molecular flexibility index (Phi) is 5.44. The number of piperidine rings is 1. The van der Waals surface area contributed by atoms with Crippen molar-refractivity contribution in [1.82, 2.24) is 9.80 Å². The molecule has 0 unspecified atom stereocenters. The molecule has 0 amide bonds. The molecule has 0 saturated carbocycles. The summed E-state index contributed by atoms with van der Waals surface area (Å²) in [6.07, 6.45) is 5.33. The minimum absolute atomic E-state index is 0.0163. The lowest BCUT2D eigenvalue weighted by Gasteiger charge is -2.48. The van der Waals surface area contributed by atoms with Crippen LogP contribution in [0.3, 0.4) is 0 Å². The van der Waals surface area contributed by atoms with Gasteiger partial charge in [-0.15, -0.1) is 0 Å². The van der Waals surface area contributed by atoms with Crippen LogP contribution in [-0.4, -0.2) is 60.1 Å². The van der Waals surface area contributed by atoms with Gasteiger partial charge in [-0.05, 0) is 59.5 Å². The molecule has 0 bridgehead atoms. The highest BCUT2D eigenvalue weighted by molar-refractivity contribution is 5.71. The number of hydrogen-bond donors (Lipinski definition) is 0. The molecule has 2 aliphatic rings. The van der Waals surface area contributed by atoms with Crippen LogP contribution in [0.4, 0.5) is 0 Å². The molecule has 0 radical (unpaired) electrons. The first-order valence-corrected chi connectivity index (χ1v) is 8.22. The predicted molar refractivity (Wildman–Crippen MR) is 80.7 cm³/mol. The van der Waals surface area contributed by atoms with E-state index in [1.54, 1.807) is 0 Å². The molecular weight excluding hydrogens is 252 g/mol. The van der Waals surface area contributed by atoms with Gasteiger partial charge in [0.1, 0.15) is 0 Å². The third-order valence-corrected chi connectivity index (χ3v) is 5.01. The zero-order valence-electron chi connectivity index (χ0n) is 13.4. The van der Waals surface area contributed by atoms with Crippen molar-refractivity contribution in [2.45, 2.75) is 64.5 Å². The van der Waals surface area contributed by atoms with Gasteiger partial charge in [-0.25, -0.2) is 0 Å². The van der Waals surface area contributed by atoms with Crippen molar-refractivity contribution in [3.63, 3.8) is 0 Å². The zero-order chi connectivity index (χ0) is 14.6. The van der Waals surface area contributed by atoms with Crippen LogP contribution in [0.5, 0.6) is 0 Å². The molecule has 0 aromatic heterocycles. The fourth-order valence-electron chi connectivity index (χ4n) is 3.73. The molecule has 0 N–H and O–H groups in total. The van der Waals surface area contributed by atoms with Gasteiger partial charge < -0.3 is 9.64 Å². The molecule has 2 aliphatic heterocycles. The molecule has 2 heterocycles. The highest BCUT2D eigenvalue weighted by atomic mass is 16.5. The van der Waals surface area contributed by atoms with Crippen LogP contribution in [0.2, 0.25) is 0 Å². The van der Waals surface area contributed by atoms with Crippen LogP contribution < -0.4 is 0 Å². The SMILES string of the molecule is CCOC(=O)CC1(N2CCCC2)CCN(C(C)C)CC1. The second-order valence-corrected chi connectivity index (χ2v) is 6.53. The van der Waals surface area contributed by atoms with E-state index in [2.05, 4.69) is 23.6 Å². The van der Waals surface area contributed by atoms with Gasteiger partial charge in [-0.2, -0.15) is 0 Å². The number of likely N-dealkylation sites (tertiary alicyclic amines) is 2. The molecule has 0 atom stereocenters. The van der Waals surface area contributed by atoms with Gasteiger partial charge in [0.25, 0.3) is 0 Å². The highest BCUT2D eigenvalue weighted by Gasteiger charge is 2.43. The van der Waals surface area contributed by atoms with Gasteiger partial charge in [-0.1, -0.05) is 0 Å². The number of carbonyl (C=O) groups is 1. The number of esters is 1. The van der Waals surface area contributed by atoms with Crippen molar-refractivity contribution in [2.75, 3.05) is 32.8 Å². The molecule has 116 valence electrons. The van der Waals surface area contributed by atoms with Crippen LogP contribution in [0, 0.1) is 0 Å². The third kappa shape index (κ3) is 3.53. The summed E-state index contributed by atoms with van der Waals surface area (Å²) >= 11 is 0. The fourth-order valence-corrected chi connectivity index (χ4v) is 3.73. The maximum Gasteiger partial charge on any atom is 0.307 e. The van der Waals surface area contributed by atoms with Crippen LogP contribution in [0.1, 0.15) is 52.9 Å². The molecule has 2 fully saturated rings. The molecule has 0 aromatic rings. The Morgan fingerprint density at radius 1 is 1.15 bits per heavy atom. The quantitative estimate of drug-likeness (QED) is 0.724. The molecule has 0 aliphatic carbocycles. The Labute approximate surface area is 123 Å². The maximum atomic E-state index is 12.0. The van der Waals surface area contributed by atoms with Crippen molar-refractivity contribution in [2.24, 2.45) is 0 Å².